The molecule has 5 nitrogen and oxygen atoms in total. The Morgan fingerprint density at radius 3 is 2.67 bits per heavy atom. The van der Waals surface area contributed by atoms with Gasteiger partial charge in [0.25, 0.3) is 5.89 Å². The first-order valence-corrected chi connectivity index (χ1v) is 11.0. The highest BCUT2D eigenvalue weighted by atomic mass is 35.5. The van der Waals surface area contributed by atoms with Crippen molar-refractivity contribution in [2.45, 2.75) is 51.4 Å². The summed E-state index contributed by atoms with van der Waals surface area (Å²) in [4.78, 5) is 6.26. The third-order valence-electron chi connectivity index (χ3n) is 6.44. The number of hydrogen-bond acceptors (Lipinski definition) is 5. The van der Waals surface area contributed by atoms with Crippen molar-refractivity contribution in [3.63, 3.8) is 0 Å². The molecular weight excluding hydrogens is 453 g/mol. The standard InChI is InChI=1S/C24H25F3N4O.ClH/c1-15-4-2-3-11-31(15)21-8-7-18(13-20(21)24(25,26)27)23-29-22(30-32-23)17-5-6-19-14-28-10-9-16(19)12-17;/h5-8,12-13,15,28H,2-4,9-11,14H2,1H3;1H. The van der Waals surface area contributed by atoms with Gasteiger partial charge >= 0.3 is 6.18 Å². The lowest BCUT2D eigenvalue weighted by atomic mass is 9.98. The van der Waals surface area contributed by atoms with Crippen LogP contribution in [0.4, 0.5) is 18.9 Å². The molecule has 0 amide bonds. The summed E-state index contributed by atoms with van der Waals surface area (Å²) >= 11 is 0. The molecule has 0 radical (unpaired) electrons. The van der Waals surface area contributed by atoms with Gasteiger partial charge in [0, 0.05) is 35.9 Å². The number of anilines is 1. The van der Waals surface area contributed by atoms with Gasteiger partial charge in [0.05, 0.1) is 5.56 Å². The van der Waals surface area contributed by atoms with Gasteiger partial charge in [0.2, 0.25) is 5.82 Å². The zero-order valence-corrected chi connectivity index (χ0v) is 19.1. The highest BCUT2D eigenvalue weighted by Crippen LogP contribution is 2.41. The Balaban J connectivity index is 0.00000259. The zero-order chi connectivity index (χ0) is 22.3. The summed E-state index contributed by atoms with van der Waals surface area (Å²) in [6, 6.07) is 10.4. The van der Waals surface area contributed by atoms with E-state index in [1.807, 2.05) is 30.0 Å². The molecule has 2 aromatic carbocycles. The minimum atomic E-state index is -4.47. The van der Waals surface area contributed by atoms with E-state index in [1.54, 1.807) is 6.07 Å². The fraction of sp³-hybridized carbons (Fsp3) is 0.417. The first-order valence-electron chi connectivity index (χ1n) is 11.0. The van der Waals surface area contributed by atoms with Gasteiger partial charge in [0.15, 0.2) is 0 Å². The topological polar surface area (TPSA) is 54.2 Å². The van der Waals surface area contributed by atoms with Gasteiger partial charge in [-0.1, -0.05) is 17.3 Å². The lowest BCUT2D eigenvalue weighted by Crippen LogP contribution is -2.38. The average Bonchev–Trinajstić information content (AvgIpc) is 3.28. The van der Waals surface area contributed by atoms with Gasteiger partial charge in [-0.2, -0.15) is 18.2 Å². The highest BCUT2D eigenvalue weighted by Gasteiger charge is 2.37. The van der Waals surface area contributed by atoms with Crippen LogP contribution in [0.3, 0.4) is 0 Å². The summed E-state index contributed by atoms with van der Waals surface area (Å²) in [7, 11) is 0. The molecule has 9 heteroatoms. The minimum absolute atomic E-state index is 0. The molecule has 1 saturated heterocycles. The third-order valence-corrected chi connectivity index (χ3v) is 6.44. The second-order valence-corrected chi connectivity index (χ2v) is 8.60. The number of benzene rings is 2. The zero-order valence-electron chi connectivity index (χ0n) is 18.3. The van der Waals surface area contributed by atoms with E-state index < -0.39 is 11.7 Å². The minimum Gasteiger partial charge on any atom is -0.368 e. The van der Waals surface area contributed by atoms with Crippen molar-refractivity contribution in [3.05, 3.63) is 53.1 Å². The Morgan fingerprint density at radius 1 is 1.06 bits per heavy atom. The fourth-order valence-electron chi connectivity index (χ4n) is 4.68. The van der Waals surface area contributed by atoms with Crippen LogP contribution < -0.4 is 10.2 Å². The molecule has 3 aromatic rings. The van der Waals surface area contributed by atoms with E-state index in [4.69, 9.17) is 4.52 Å². The van der Waals surface area contributed by atoms with Crippen molar-refractivity contribution >= 4 is 18.1 Å². The van der Waals surface area contributed by atoms with E-state index in [1.165, 1.54) is 17.2 Å². The van der Waals surface area contributed by atoms with Gasteiger partial charge < -0.3 is 14.7 Å². The smallest absolute Gasteiger partial charge is 0.368 e. The monoisotopic (exact) mass is 478 g/mol. The van der Waals surface area contributed by atoms with E-state index in [9.17, 15) is 13.2 Å². The molecule has 1 N–H and O–H groups in total. The normalized spacial score (nSPS) is 18.5. The van der Waals surface area contributed by atoms with Crippen molar-refractivity contribution in [1.29, 1.82) is 0 Å². The molecule has 176 valence electrons. The Hall–Kier alpha value is -2.58. The largest absolute Gasteiger partial charge is 0.418 e. The molecule has 1 unspecified atom stereocenters. The van der Waals surface area contributed by atoms with Gasteiger partial charge in [-0.25, -0.2) is 0 Å². The van der Waals surface area contributed by atoms with E-state index in [2.05, 4.69) is 15.5 Å². The van der Waals surface area contributed by atoms with Crippen LogP contribution in [0.2, 0.25) is 0 Å². The van der Waals surface area contributed by atoms with Crippen LogP contribution in [-0.2, 0) is 19.1 Å². The van der Waals surface area contributed by atoms with Gasteiger partial charge in [-0.3, -0.25) is 0 Å². The van der Waals surface area contributed by atoms with Crippen molar-refractivity contribution in [3.8, 4) is 22.8 Å². The molecule has 2 aliphatic heterocycles. The van der Waals surface area contributed by atoms with E-state index in [-0.39, 0.29) is 35.6 Å². The summed E-state index contributed by atoms with van der Waals surface area (Å²) in [5.74, 6) is 0.465. The maximum Gasteiger partial charge on any atom is 0.418 e. The van der Waals surface area contributed by atoms with Crippen LogP contribution in [0.15, 0.2) is 40.9 Å². The van der Waals surface area contributed by atoms with Crippen molar-refractivity contribution in [2.24, 2.45) is 0 Å². The van der Waals surface area contributed by atoms with Crippen molar-refractivity contribution < 1.29 is 17.7 Å². The molecule has 0 aliphatic carbocycles. The van der Waals surface area contributed by atoms with E-state index in [0.29, 0.717) is 12.4 Å². The third kappa shape index (κ3) is 4.73. The molecule has 33 heavy (non-hydrogen) atoms. The summed E-state index contributed by atoms with van der Waals surface area (Å²) in [5, 5.41) is 7.36. The number of hydrogen-bond donors (Lipinski definition) is 1. The average molecular weight is 479 g/mol. The summed E-state index contributed by atoms with van der Waals surface area (Å²) < 4.78 is 47.2. The molecule has 5 rings (SSSR count). The van der Waals surface area contributed by atoms with Gasteiger partial charge in [-0.05, 0) is 74.5 Å². The first-order chi connectivity index (χ1) is 15.4. The molecule has 3 heterocycles. The van der Waals surface area contributed by atoms with Crippen LogP contribution in [0.25, 0.3) is 22.8 Å². The lowest BCUT2D eigenvalue weighted by molar-refractivity contribution is -0.137. The van der Waals surface area contributed by atoms with Gasteiger partial charge in [0.1, 0.15) is 0 Å². The van der Waals surface area contributed by atoms with Crippen LogP contribution in [-0.4, -0.2) is 29.3 Å². The fourth-order valence-corrected chi connectivity index (χ4v) is 4.68. The molecular formula is C24H26ClF3N4O. The van der Waals surface area contributed by atoms with Crippen molar-refractivity contribution in [2.75, 3.05) is 18.0 Å². The molecule has 1 atom stereocenters. The van der Waals surface area contributed by atoms with Crippen LogP contribution >= 0.6 is 12.4 Å². The Morgan fingerprint density at radius 2 is 1.88 bits per heavy atom. The highest BCUT2D eigenvalue weighted by molar-refractivity contribution is 5.85. The van der Waals surface area contributed by atoms with Crippen LogP contribution in [0.5, 0.6) is 0 Å². The van der Waals surface area contributed by atoms with E-state index in [0.717, 1.165) is 50.4 Å². The number of piperidine rings is 1. The summed E-state index contributed by atoms with van der Waals surface area (Å²) in [6.07, 6.45) is -0.728. The Bertz CT molecular complexity index is 1130. The number of aromatic nitrogens is 2. The number of rotatable bonds is 3. The molecule has 1 fully saturated rings. The van der Waals surface area contributed by atoms with Crippen LogP contribution in [0, 0.1) is 0 Å². The lowest BCUT2D eigenvalue weighted by Gasteiger charge is -2.37. The molecule has 0 saturated carbocycles. The predicted molar refractivity (Wildman–Crippen MR) is 123 cm³/mol. The van der Waals surface area contributed by atoms with Crippen LogP contribution in [0.1, 0.15) is 42.9 Å². The molecule has 2 aliphatic rings. The number of alkyl halides is 3. The number of nitrogens with one attached hydrogen (secondary N) is 1. The van der Waals surface area contributed by atoms with Crippen molar-refractivity contribution in [1.82, 2.24) is 15.5 Å². The number of fused-ring (bicyclic) bond motifs is 1. The molecule has 0 spiro atoms. The second kappa shape index (κ2) is 9.35. The maximum atomic E-state index is 14.0. The number of nitrogens with zero attached hydrogens (tertiary/aromatic N) is 3. The SMILES string of the molecule is CC1CCCCN1c1ccc(-c2nc(-c3ccc4c(c3)CCNC4)no2)cc1C(F)(F)F.Cl. The molecule has 1 aromatic heterocycles. The first kappa shape index (κ1) is 23.6. The maximum absolute atomic E-state index is 14.0. The Kier molecular flexibility index (Phi) is 6.68. The molecule has 0 bridgehead atoms. The van der Waals surface area contributed by atoms with Gasteiger partial charge in [-0.15, -0.1) is 12.4 Å². The van der Waals surface area contributed by atoms with E-state index >= 15 is 0 Å². The summed E-state index contributed by atoms with van der Waals surface area (Å²) in [6.45, 7) is 4.35. The number of halogens is 4. The second-order valence-electron chi connectivity index (χ2n) is 8.60. The predicted octanol–water partition coefficient (Wildman–Crippen LogP) is 5.87. The Labute approximate surface area is 196 Å². The quantitative estimate of drug-likeness (QED) is 0.510. The summed E-state index contributed by atoms with van der Waals surface area (Å²) in [5.41, 5.74) is 3.09.